The standard InChI is InChI=1S/C11H15IN4/c1-9(2)7-16(5-3-4-13)11-10(12)6-14-8-15-11/h6,8-9H,3,5,7H2,1-2H3. The summed E-state index contributed by atoms with van der Waals surface area (Å²) in [5, 5.41) is 8.65. The van der Waals surface area contributed by atoms with E-state index in [-0.39, 0.29) is 0 Å². The maximum atomic E-state index is 8.65. The highest BCUT2D eigenvalue weighted by molar-refractivity contribution is 14.1. The normalized spacial score (nSPS) is 10.2. The van der Waals surface area contributed by atoms with E-state index >= 15 is 0 Å². The van der Waals surface area contributed by atoms with Gasteiger partial charge in [-0.2, -0.15) is 5.26 Å². The average Bonchev–Trinajstić information content (AvgIpc) is 2.24. The number of hydrogen-bond donors (Lipinski definition) is 0. The van der Waals surface area contributed by atoms with Gasteiger partial charge in [-0.05, 0) is 28.5 Å². The molecule has 16 heavy (non-hydrogen) atoms. The molecule has 0 spiro atoms. The van der Waals surface area contributed by atoms with E-state index in [1.165, 1.54) is 0 Å². The summed E-state index contributed by atoms with van der Waals surface area (Å²) < 4.78 is 1.03. The summed E-state index contributed by atoms with van der Waals surface area (Å²) in [5.74, 6) is 1.48. The Hall–Kier alpha value is -0.900. The molecule has 0 aliphatic carbocycles. The first-order valence-electron chi connectivity index (χ1n) is 5.22. The van der Waals surface area contributed by atoms with Gasteiger partial charge >= 0.3 is 0 Å². The van der Waals surface area contributed by atoms with Gasteiger partial charge in [0.2, 0.25) is 0 Å². The Morgan fingerprint density at radius 1 is 1.56 bits per heavy atom. The third-order valence-electron chi connectivity index (χ3n) is 2.03. The van der Waals surface area contributed by atoms with Gasteiger partial charge in [-0.1, -0.05) is 13.8 Å². The monoisotopic (exact) mass is 330 g/mol. The van der Waals surface area contributed by atoms with Gasteiger partial charge in [0.25, 0.3) is 0 Å². The second kappa shape index (κ2) is 6.63. The van der Waals surface area contributed by atoms with Gasteiger partial charge in [-0.25, -0.2) is 9.97 Å². The number of aromatic nitrogens is 2. The van der Waals surface area contributed by atoms with Crippen molar-refractivity contribution in [3.05, 3.63) is 16.1 Å². The molecular weight excluding hydrogens is 315 g/mol. The fourth-order valence-corrected chi connectivity index (χ4v) is 2.09. The molecule has 0 bridgehead atoms. The SMILES string of the molecule is CC(C)CN(CCC#N)c1ncncc1I. The molecule has 0 radical (unpaired) electrons. The molecule has 0 unspecified atom stereocenters. The molecule has 0 aliphatic heterocycles. The maximum Gasteiger partial charge on any atom is 0.145 e. The number of hydrogen-bond acceptors (Lipinski definition) is 4. The summed E-state index contributed by atoms with van der Waals surface area (Å²) in [6.07, 6.45) is 3.87. The van der Waals surface area contributed by atoms with Crippen LogP contribution in [0.15, 0.2) is 12.5 Å². The lowest BCUT2D eigenvalue weighted by molar-refractivity contribution is 0.606. The van der Waals surface area contributed by atoms with Crippen LogP contribution in [0.2, 0.25) is 0 Å². The Morgan fingerprint density at radius 3 is 2.88 bits per heavy atom. The summed E-state index contributed by atoms with van der Waals surface area (Å²) in [5.41, 5.74) is 0. The summed E-state index contributed by atoms with van der Waals surface area (Å²) in [4.78, 5) is 10.4. The lowest BCUT2D eigenvalue weighted by atomic mass is 10.2. The third kappa shape index (κ3) is 3.93. The molecule has 0 amide bonds. The van der Waals surface area contributed by atoms with E-state index in [1.54, 1.807) is 12.5 Å². The van der Waals surface area contributed by atoms with Crippen LogP contribution in [-0.2, 0) is 0 Å². The van der Waals surface area contributed by atoms with Gasteiger partial charge in [-0.3, -0.25) is 0 Å². The van der Waals surface area contributed by atoms with Crippen molar-refractivity contribution in [1.82, 2.24) is 9.97 Å². The number of halogens is 1. The molecule has 86 valence electrons. The Morgan fingerprint density at radius 2 is 2.31 bits per heavy atom. The molecule has 1 rings (SSSR count). The number of rotatable bonds is 5. The topological polar surface area (TPSA) is 52.8 Å². The molecule has 0 N–H and O–H groups in total. The molecule has 0 atom stereocenters. The molecule has 4 nitrogen and oxygen atoms in total. The average molecular weight is 330 g/mol. The van der Waals surface area contributed by atoms with Gasteiger partial charge in [0, 0.05) is 19.3 Å². The van der Waals surface area contributed by atoms with E-state index in [2.05, 4.69) is 57.4 Å². The van der Waals surface area contributed by atoms with Crippen molar-refractivity contribution in [3.63, 3.8) is 0 Å². The van der Waals surface area contributed by atoms with Crippen LogP contribution in [0.4, 0.5) is 5.82 Å². The highest BCUT2D eigenvalue weighted by Gasteiger charge is 2.12. The van der Waals surface area contributed by atoms with Gasteiger partial charge in [0.15, 0.2) is 0 Å². The van der Waals surface area contributed by atoms with Crippen molar-refractivity contribution in [2.45, 2.75) is 20.3 Å². The van der Waals surface area contributed by atoms with Crippen LogP contribution in [0.25, 0.3) is 0 Å². The van der Waals surface area contributed by atoms with Crippen molar-refractivity contribution in [2.24, 2.45) is 5.92 Å². The molecule has 1 aromatic rings. The number of nitrogens with zero attached hydrogens (tertiary/aromatic N) is 4. The lowest BCUT2D eigenvalue weighted by Crippen LogP contribution is -2.30. The lowest BCUT2D eigenvalue weighted by Gasteiger charge is -2.25. The van der Waals surface area contributed by atoms with Crippen LogP contribution < -0.4 is 4.90 Å². The van der Waals surface area contributed by atoms with E-state index < -0.39 is 0 Å². The first-order chi connectivity index (χ1) is 7.65. The Kier molecular flexibility index (Phi) is 5.46. The van der Waals surface area contributed by atoms with Crippen LogP contribution >= 0.6 is 22.6 Å². The van der Waals surface area contributed by atoms with E-state index in [9.17, 15) is 0 Å². The Labute approximate surface area is 110 Å². The maximum absolute atomic E-state index is 8.65. The third-order valence-corrected chi connectivity index (χ3v) is 2.79. The molecule has 5 heteroatoms. The first-order valence-corrected chi connectivity index (χ1v) is 6.30. The van der Waals surface area contributed by atoms with Gasteiger partial charge < -0.3 is 4.90 Å². The van der Waals surface area contributed by atoms with Gasteiger partial charge in [0.1, 0.15) is 12.1 Å². The molecule has 0 fully saturated rings. The molecule has 1 aromatic heterocycles. The van der Waals surface area contributed by atoms with Crippen LogP contribution in [0.1, 0.15) is 20.3 Å². The predicted molar refractivity (Wildman–Crippen MR) is 72.0 cm³/mol. The minimum Gasteiger partial charge on any atom is -0.354 e. The van der Waals surface area contributed by atoms with Crippen LogP contribution in [0, 0.1) is 20.8 Å². The zero-order valence-electron chi connectivity index (χ0n) is 9.52. The van der Waals surface area contributed by atoms with Crippen molar-refractivity contribution in [2.75, 3.05) is 18.0 Å². The summed E-state index contributed by atoms with van der Waals surface area (Å²) in [6.45, 7) is 5.96. The fraction of sp³-hybridized carbons (Fsp3) is 0.545. The Balaban J connectivity index is 2.83. The van der Waals surface area contributed by atoms with E-state index in [1.807, 2.05) is 0 Å². The van der Waals surface area contributed by atoms with Crippen LogP contribution in [0.5, 0.6) is 0 Å². The quantitative estimate of drug-likeness (QED) is 0.778. The molecular formula is C11H15IN4. The first kappa shape index (κ1) is 13.2. The summed E-state index contributed by atoms with van der Waals surface area (Å²) >= 11 is 2.22. The van der Waals surface area contributed by atoms with Crippen molar-refractivity contribution in [1.29, 1.82) is 5.26 Å². The smallest absolute Gasteiger partial charge is 0.145 e. The highest BCUT2D eigenvalue weighted by Crippen LogP contribution is 2.19. The highest BCUT2D eigenvalue weighted by atomic mass is 127. The Bertz CT molecular complexity index is 372. The molecule has 0 aliphatic rings. The molecule has 1 heterocycles. The van der Waals surface area contributed by atoms with Crippen molar-refractivity contribution < 1.29 is 0 Å². The van der Waals surface area contributed by atoms with Crippen molar-refractivity contribution in [3.8, 4) is 6.07 Å². The fourth-order valence-electron chi connectivity index (χ4n) is 1.45. The minimum absolute atomic E-state index is 0.521. The van der Waals surface area contributed by atoms with E-state index in [4.69, 9.17) is 5.26 Å². The second-order valence-corrected chi connectivity index (χ2v) is 5.10. The van der Waals surface area contributed by atoms with Crippen LogP contribution in [0.3, 0.4) is 0 Å². The summed E-state index contributed by atoms with van der Waals surface area (Å²) in [6, 6.07) is 2.17. The van der Waals surface area contributed by atoms with Gasteiger partial charge in [0.05, 0.1) is 16.1 Å². The molecule has 0 saturated heterocycles. The zero-order chi connectivity index (χ0) is 12.0. The zero-order valence-corrected chi connectivity index (χ0v) is 11.7. The molecule has 0 saturated carbocycles. The number of nitriles is 1. The van der Waals surface area contributed by atoms with E-state index in [0.29, 0.717) is 12.3 Å². The van der Waals surface area contributed by atoms with E-state index in [0.717, 1.165) is 22.5 Å². The molecule has 0 aromatic carbocycles. The number of anilines is 1. The minimum atomic E-state index is 0.521. The van der Waals surface area contributed by atoms with Crippen LogP contribution in [-0.4, -0.2) is 23.1 Å². The van der Waals surface area contributed by atoms with Crippen molar-refractivity contribution >= 4 is 28.4 Å². The van der Waals surface area contributed by atoms with Gasteiger partial charge in [-0.15, -0.1) is 0 Å². The second-order valence-electron chi connectivity index (χ2n) is 3.94. The summed E-state index contributed by atoms with van der Waals surface area (Å²) in [7, 11) is 0. The largest absolute Gasteiger partial charge is 0.354 e. The predicted octanol–water partition coefficient (Wildman–Crippen LogP) is 2.46.